The minimum Gasteiger partial charge on any atom is -0.462 e. The number of aryl methyl sites for hydroxylation is 2. The highest BCUT2D eigenvalue weighted by Crippen LogP contribution is 2.31. The van der Waals surface area contributed by atoms with Gasteiger partial charge in [0.2, 0.25) is 0 Å². The normalized spacial score (nSPS) is 15.8. The molecule has 7 heteroatoms. The zero-order valence-electron chi connectivity index (χ0n) is 19.0. The van der Waals surface area contributed by atoms with Crippen molar-refractivity contribution in [2.75, 3.05) is 6.61 Å². The van der Waals surface area contributed by atoms with Crippen LogP contribution in [-0.4, -0.2) is 28.2 Å². The van der Waals surface area contributed by atoms with Crippen LogP contribution < -0.4 is 5.32 Å². The number of benzene rings is 2. The molecule has 0 atom stereocenters. The van der Waals surface area contributed by atoms with E-state index >= 15 is 0 Å². The van der Waals surface area contributed by atoms with E-state index in [-0.39, 0.29) is 11.9 Å². The van der Waals surface area contributed by atoms with E-state index in [9.17, 15) is 9.59 Å². The summed E-state index contributed by atoms with van der Waals surface area (Å²) in [5, 5.41) is 3.41. The Bertz CT molecular complexity index is 1300. The number of ether oxygens (including phenoxy) is 1. The average molecular weight is 460 g/mol. The lowest BCUT2D eigenvalue weighted by Gasteiger charge is -2.11. The summed E-state index contributed by atoms with van der Waals surface area (Å²) in [6, 6.07) is 17.2. The van der Waals surface area contributed by atoms with Gasteiger partial charge in [0, 0.05) is 17.1 Å². The first-order chi connectivity index (χ1) is 15.9. The van der Waals surface area contributed by atoms with Gasteiger partial charge in [0.25, 0.3) is 5.91 Å². The SMILES string of the molecule is CCOC(=O)c1cccc(-n2c(C)cc(/C=C3\SC(=Nc4cccc(C)c4)NC3=O)c2C)c1. The van der Waals surface area contributed by atoms with Crippen molar-refractivity contribution in [1.29, 1.82) is 0 Å². The number of hydrogen-bond acceptors (Lipinski definition) is 5. The molecule has 0 spiro atoms. The number of rotatable bonds is 5. The van der Waals surface area contributed by atoms with Gasteiger partial charge >= 0.3 is 5.97 Å². The second-order valence-electron chi connectivity index (χ2n) is 7.75. The molecule has 0 saturated carbocycles. The van der Waals surface area contributed by atoms with E-state index in [1.807, 2.05) is 75.4 Å². The van der Waals surface area contributed by atoms with E-state index in [0.29, 0.717) is 22.2 Å². The molecule has 33 heavy (non-hydrogen) atoms. The van der Waals surface area contributed by atoms with Crippen molar-refractivity contribution in [3.05, 3.63) is 87.6 Å². The highest BCUT2D eigenvalue weighted by molar-refractivity contribution is 8.18. The number of amides is 1. The second-order valence-corrected chi connectivity index (χ2v) is 8.78. The summed E-state index contributed by atoms with van der Waals surface area (Å²) in [5.41, 5.74) is 6.19. The van der Waals surface area contributed by atoms with Gasteiger partial charge in [0.05, 0.1) is 22.8 Å². The smallest absolute Gasteiger partial charge is 0.338 e. The van der Waals surface area contributed by atoms with Gasteiger partial charge in [0.1, 0.15) is 0 Å². The van der Waals surface area contributed by atoms with E-state index in [1.54, 1.807) is 13.0 Å². The zero-order valence-corrected chi connectivity index (χ0v) is 19.8. The number of esters is 1. The Hall–Kier alpha value is -3.58. The summed E-state index contributed by atoms with van der Waals surface area (Å²) in [6.45, 7) is 8.12. The molecular formula is C26H25N3O3S. The predicted molar refractivity (Wildman–Crippen MR) is 133 cm³/mol. The molecule has 6 nitrogen and oxygen atoms in total. The summed E-state index contributed by atoms with van der Waals surface area (Å²) in [7, 11) is 0. The molecule has 1 aromatic heterocycles. The fraction of sp³-hybridized carbons (Fsp3) is 0.192. The van der Waals surface area contributed by atoms with Crippen molar-refractivity contribution in [3.63, 3.8) is 0 Å². The van der Waals surface area contributed by atoms with E-state index < -0.39 is 0 Å². The van der Waals surface area contributed by atoms with Crippen molar-refractivity contribution < 1.29 is 14.3 Å². The van der Waals surface area contributed by atoms with Crippen molar-refractivity contribution >= 4 is 40.6 Å². The second kappa shape index (κ2) is 9.50. The van der Waals surface area contributed by atoms with Gasteiger partial charge in [0.15, 0.2) is 5.17 Å². The molecule has 0 radical (unpaired) electrons. The van der Waals surface area contributed by atoms with Gasteiger partial charge in [-0.2, -0.15) is 0 Å². The Kier molecular flexibility index (Phi) is 6.51. The maximum absolute atomic E-state index is 12.6. The largest absolute Gasteiger partial charge is 0.462 e. The molecule has 1 N–H and O–H groups in total. The Balaban J connectivity index is 1.63. The molecule has 0 unspecified atom stereocenters. The minimum absolute atomic E-state index is 0.166. The Labute approximate surface area is 197 Å². The number of carbonyl (C=O) groups is 2. The molecule has 1 fully saturated rings. The molecule has 4 rings (SSSR count). The number of nitrogens with one attached hydrogen (secondary N) is 1. The molecule has 1 aliphatic heterocycles. The number of carbonyl (C=O) groups excluding carboxylic acids is 2. The van der Waals surface area contributed by atoms with Crippen LogP contribution in [0.25, 0.3) is 11.8 Å². The first-order valence-corrected chi connectivity index (χ1v) is 11.5. The molecule has 1 aliphatic rings. The minimum atomic E-state index is -0.344. The third-order valence-electron chi connectivity index (χ3n) is 5.26. The summed E-state index contributed by atoms with van der Waals surface area (Å²) in [6.07, 6.45) is 1.88. The van der Waals surface area contributed by atoms with Crippen molar-refractivity contribution in [3.8, 4) is 5.69 Å². The number of amidine groups is 1. The van der Waals surface area contributed by atoms with Crippen LogP contribution in [0.3, 0.4) is 0 Å². The van der Waals surface area contributed by atoms with Crippen LogP contribution in [0.5, 0.6) is 0 Å². The van der Waals surface area contributed by atoms with Gasteiger partial charge < -0.3 is 14.6 Å². The Morgan fingerprint density at radius 3 is 2.67 bits per heavy atom. The molecule has 0 bridgehead atoms. The summed E-state index contributed by atoms with van der Waals surface area (Å²) >= 11 is 1.33. The summed E-state index contributed by atoms with van der Waals surface area (Å²) in [4.78, 5) is 29.8. The van der Waals surface area contributed by atoms with Gasteiger partial charge in [-0.05, 0) is 93.1 Å². The zero-order chi connectivity index (χ0) is 23.5. The third kappa shape index (κ3) is 4.93. The van der Waals surface area contributed by atoms with Crippen molar-refractivity contribution in [2.24, 2.45) is 4.99 Å². The lowest BCUT2D eigenvalue weighted by atomic mass is 10.2. The average Bonchev–Trinajstić information content (AvgIpc) is 3.26. The maximum atomic E-state index is 12.6. The number of nitrogens with zero attached hydrogens (tertiary/aromatic N) is 2. The number of aliphatic imine (C=N–C) groups is 1. The molecule has 1 amide bonds. The molecule has 1 saturated heterocycles. The third-order valence-corrected chi connectivity index (χ3v) is 6.17. The topological polar surface area (TPSA) is 72.7 Å². The highest BCUT2D eigenvalue weighted by Gasteiger charge is 2.24. The molecule has 2 heterocycles. The monoisotopic (exact) mass is 459 g/mol. The number of hydrogen-bond donors (Lipinski definition) is 1. The van der Waals surface area contributed by atoms with Crippen LogP contribution in [0.4, 0.5) is 5.69 Å². The van der Waals surface area contributed by atoms with Crippen molar-refractivity contribution in [1.82, 2.24) is 9.88 Å². The predicted octanol–water partition coefficient (Wildman–Crippen LogP) is 5.47. The Morgan fingerprint density at radius 2 is 1.91 bits per heavy atom. The first-order valence-electron chi connectivity index (χ1n) is 10.7. The summed E-state index contributed by atoms with van der Waals surface area (Å²) < 4.78 is 7.19. The fourth-order valence-corrected chi connectivity index (χ4v) is 4.59. The van der Waals surface area contributed by atoms with Gasteiger partial charge in [-0.1, -0.05) is 18.2 Å². The summed E-state index contributed by atoms with van der Waals surface area (Å²) in [5.74, 6) is -0.510. The lowest BCUT2D eigenvalue weighted by Crippen LogP contribution is -2.19. The molecule has 3 aromatic rings. The van der Waals surface area contributed by atoms with Gasteiger partial charge in [-0.15, -0.1) is 0 Å². The van der Waals surface area contributed by atoms with Crippen LogP contribution in [0.15, 0.2) is 64.5 Å². The van der Waals surface area contributed by atoms with Crippen molar-refractivity contribution in [2.45, 2.75) is 27.7 Å². The van der Waals surface area contributed by atoms with Crippen LogP contribution in [-0.2, 0) is 9.53 Å². The number of aromatic nitrogens is 1. The van der Waals surface area contributed by atoms with E-state index in [4.69, 9.17) is 4.74 Å². The van der Waals surface area contributed by atoms with Crippen LogP contribution >= 0.6 is 11.8 Å². The van der Waals surface area contributed by atoms with Crippen LogP contribution in [0.2, 0.25) is 0 Å². The highest BCUT2D eigenvalue weighted by atomic mass is 32.2. The quantitative estimate of drug-likeness (QED) is 0.406. The molecular weight excluding hydrogens is 434 g/mol. The van der Waals surface area contributed by atoms with E-state index in [0.717, 1.165) is 33.9 Å². The van der Waals surface area contributed by atoms with Crippen LogP contribution in [0.1, 0.15) is 39.8 Å². The lowest BCUT2D eigenvalue weighted by molar-refractivity contribution is -0.115. The first kappa shape index (κ1) is 22.6. The molecule has 2 aromatic carbocycles. The molecule has 0 aliphatic carbocycles. The fourth-order valence-electron chi connectivity index (χ4n) is 3.75. The maximum Gasteiger partial charge on any atom is 0.338 e. The Morgan fingerprint density at radius 1 is 1.12 bits per heavy atom. The van der Waals surface area contributed by atoms with E-state index in [1.165, 1.54) is 11.8 Å². The standard InChI is InChI=1S/C26H25N3O3S/c1-5-32-25(31)19-9-7-11-22(14-19)29-17(3)13-20(18(29)4)15-23-24(30)28-26(33-23)27-21-10-6-8-16(2)12-21/h6-15H,5H2,1-4H3,(H,27,28,30)/b23-15-. The van der Waals surface area contributed by atoms with Gasteiger partial charge in [-0.25, -0.2) is 9.79 Å². The van der Waals surface area contributed by atoms with Gasteiger partial charge in [-0.3, -0.25) is 4.79 Å². The van der Waals surface area contributed by atoms with Crippen LogP contribution in [0, 0.1) is 20.8 Å². The number of thioether (sulfide) groups is 1. The molecule has 168 valence electrons. The van der Waals surface area contributed by atoms with E-state index in [2.05, 4.69) is 14.9 Å².